The number of phenolic OH excluding ortho intramolecular Hbond substituents is 1. The van der Waals surface area contributed by atoms with Gasteiger partial charge in [-0.15, -0.1) is 0 Å². The predicted molar refractivity (Wildman–Crippen MR) is 109 cm³/mol. The normalized spacial score (nSPS) is 21.6. The van der Waals surface area contributed by atoms with Crippen molar-refractivity contribution in [2.24, 2.45) is 10.9 Å². The zero-order valence-corrected chi connectivity index (χ0v) is 16.6. The summed E-state index contributed by atoms with van der Waals surface area (Å²) in [5, 5.41) is 12.8. The molecular weight excluding hydrogens is 340 g/mol. The van der Waals surface area contributed by atoms with E-state index in [9.17, 15) is 5.11 Å². The molecule has 3 rings (SSSR count). The standard InChI is InChI=1S/C21H34N4O2/c1-2-22-21(23-10-3-4-18-5-7-20(26)8-6-18)25-11-9-19(17-25)16-24-12-14-27-15-13-24/h5-8,19,26H,2-4,9-17H2,1H3,(H,22,23). The molecule has 1 atom stereocenters. The lowest BCUT2D eigenvalue weighted by molar-refractivity contribution is 0.0315. The van der Waals surface area contributed by atoms with Crippen LogP contribution in [0, 0.1) is 5.92 Å². The maximum absolute atomic E-state index is 9.36. The number of aryl methyl sites for hydroxylation is 1. The van der Waals surface area contributed by atoms with Crippen LogP contribution in [0.25, 0.3) is 0 Å². The highest BCUT2D eigenvalue weighted by Gasteiger charge is 2.26. The summed E-state index contributed by atoms with van der Waals surface area (Å²) in [7, 11) is 0. The van der Waals surface area contributed by atoms with Crippen LogP contribution in [0.5, 0.6) is 5.75 Å². The molecule has 2 saturated heterocycles. The summed E-state index contributed by atoms with van der Waals surface area (Å²) in [6, 6.07) is 7.48. The summed E-state index contributed by atoms with van der Waals surface area (Å²) in [5.41, 5.74) is 1.25. The van der Waals surface area contributed by atoms with Gasteiger partial charge in [-0.05, 0) is 49.8 Å². The molecule has 0 saturated carbocycles. The Balaban J connectivity index is 1.44. The molecule has 1 unspecified atom stereocenters. The van der Waals surface area contributed by atoms with E-state index >= 15 is 0 Å². The smallest absolute Gasteiger partial charge is 0.193 e. The number of guanidine groups is 1. The molecule has 0 radical (unpaired) electrons. The molecule has 1 aromatic carbocycles. The molecule has 2 aliphatic rings. The van der Waals surface area contributed by atoms with Gasteiger partial charge in [0.1, 0.15) is 5.75 Å². The molecule has 0 amide bonds. The van der Waals surface area contributed by atoms with Crippen LogP contribution in [-0.2, 0) is 11.2 Å². The molecule has 2 fully saturated rings. The van der Waals surface area contributed by atoms with Gasteiger partial charge in [0, 0.05) is 45.8 Å². The summed E-state index contributed by atoms with van der Waals surface area (Å²) >= 11 is 0. The van der Waals surface area contributed by atoms with E-state index in [2.05, 4.69) is 22.0 Å². The highest BCUT2D eigenvalue weighted by molar-refractivity contribution is 5.80. The average molecular weight is 375 g/mol. The first-order valence-electron chi connectivity index (χ1n) is 10.4. The Morgan fingerprint density at radius 3 is 2.74 bits per heavy atom. The fourth-order valence-corrected chi connectivity index (χ4v) is 3.88. The van der Waals surface area contributed by atoms with Crippen LogP contribution in [0.15, 0.2) is 29.3 Å². The van der Waals surface area contributed by atoms with E-state index in [1.165, 1.54) is 18.5 Å². The third-order valence-electron chi connectivity index (χ3n) is 5.36. The first-order chi connectivity index (χ1) is 13.2. The van der Waals surface area contributed by atoms with Gasteiger partial charge in [0.25, 0.3) is 0 Å². The molecule has 150 valence electrons. The average Bonchev–Trinajstić information content (AvgIpc) is 3.15. The third-order valence-corrected chi connectivity index (χ3v) is 5.36. The quantitative estimate of drug-likeness (QED) is 0.434. The van der Waals surface area contributed by atoms with Gasteiger partial charge in [-0.3, -0.25) is 9.89 Å². The second-order valence-electron chi connectivity index (χ2n) is 7.52. The zero-order chi connectivity index (χ0) is 18.9. The number of nitrogens with one attached hydrogen (secondary N) is 1. The van der Waals surface area contributed by atoms with Gasteiger partial charge < -0.3 is 20.1 Å². The van der Waals surface area contributed by atoms with Crippen molar-refractivity contribution >= 4 is 5.96 Å². The number of aliphatic imine (C=N–C) groups is 1. The van der Waals surface area contributed by atoms with Gasteiger partial charge >= 0.3 is 0 Å². The third kappa shape index (κ3) is 6.40. The Labute approximate surface area is 163 Å². The molecule has 6 heteroatoms. The minimum absolute atomic E-state index is 0.326. The van der Waals surface area contributed by atoms with Crippen LogP contribution in [0.3, 0.4) is 0 Å². The Hall–Kier alpha value is -1.79. The monoisotopic (exact) mass is 374 g/mol. The van der Waals surface area contributed by atoms with Crippen LogP contribution in [0.4, 0.5) is 0 Å². The number of aromatic hydroxyl groups is 1. The summed E-state index contributed by atoms with van der Waals surface area (Å²) in [4.78, 5) is 9.82. The Morgan fingerprint density at radius 1 is 1.22 bits per heavy atom. The summed E-state index contributed by atoms with van der Waals surface area (Å²) < 4.78 is 5.45. The van der Waals surface area contributed by atoms with E-state index in [4.69, 9.17) is 9.73 Å². The molecule has 0 bridgehead atoms. The fourth-order valence-electron chi connectivity index (χ4n) is 3.88. The molecule has 0 spiro atoms. The van der Waals surface area contributed by atoms with Crippen LogP contribution in [-0.4, -0.2) is 79.9 Å². The number of morpholine rings is 1. The largest absolute Gasteiger partial charge is 0.508 e. The van der Waals surface area contributed by atoms with E-state index in [-0.39, 0.29) is 0 Å². The maximum Gasteiger partial charge on any atom is 0.193 e. The van der Waals surface area contributed by atoms with Crippen molar-refractivity contribution in [3.05, 3.63) is 29.8 Å². The summed E-state index contributed by atoms with van der Waals surface area (Å²) in [6.45, 7) is 11.1. The molecular formula is C21H34N4O2. The molecule has 2 N–H and O–H groups in total. The first kappa shape index (κ1) is 20.0. The van der Waals surface area contributed by atoms with Crippen molar-refractivity contribution in [3.63, 3.8) is 0 Å². The van der Waals surface area contributed by atoms with Gasteiger partial charge in [-0.2, -0.15) is 0 Å². The van der Waals surface area contributed by atoms with Crippen molar-refractivity contribution in [3.8, 4) is 5.75 Å². The summed E-state index contributed by atoms with van der Waals surface area (Å²) in [6.07, 6.45) is 3.25. The van der Waals surface area contributed by atoms with Crippen molar-refractivity contribution < 1.29 is 9.84 Å². The van der Waals surface area contributed by atoms with E-state index in [1.807, 2.05) is 12.1 Å². The molecule has 1 aromatic rings. The minimum Gasteiger partial charge on any atom is -0.508 e. The van der Waals surface area contributed by atoms with E-state index in [1.54, 1.807) is 12.1 Å². The number of nitrogens with zero attached hydrogens (tertiary/aromatic N) is 3. The number of benzene rings is 1. The van der Waals surface area contributed by atoms with Crippen LogP contribution < -0.4 is 5.32 Å². The topological polar surface area (TPSA) is 60.3 Å². The van der Waals surface area contributed by atoms with Gasteiger partial charge in [-0.25, -0.2) is 0 Å². The van der Waals surface area contributed by atoms with Crippen LogP contribution >= 0.6 is 0 Å². The number of hydrogen-bond acceptors (Lipinski definition) is 4. The molecule has 2 aliphatic heterocycles. The lowest BCUT2D eigenvalue weighted by Gasteiger charge is -2.29. The van der Waals surface area contributed by atoms with Crippen molar-refractivity contribution in [2.45, 2.75) is 26.2 Å². The van der Waals surface area contributed by atoms with E-state index < -0.39 is 0 Å². The van der Waals surface area contributed by atoms with E-state index in [0.29, 0.717) is 5.75 Å². The second kappa shape index (κ2) is 10.5. The Kier molecular flexibility index (Phi) is 7.78. The van der Waals surface area contributed by atoms with Crippen LogP contribution in [0.1, 0.15) is 25.3 Å². The number of phenols is 1. The van der Waals surface area contributed by atoms with Crippen molar-refractivity contribution in [2.75, 3.05) is 59.0 Å². The zero-order valence-electron chi connectivity index (χ0n) is 16.6. The molecule has 27 heavy (non-hydrogen) atoms. The molecule has 2 heterocycles. The SMILES string of the molecule is CCNC(=NCCCc1ccc(O)cc1)N1CCC(CN2CCOCC2)C1. The number of hydrogen-bond donors (Lipinski definition) is 2. The maximum atomic E-state index is 9.36. The Morgan fingerprint density at radius 2 is 2.00 bits per heavy atom. The number of ether oxygens (including phenoxy) is 1. The summed E-state index contributed by atoms with van der Waals surface area (Å²) in [5.74, 6) is 2.11. The number of rotatable bonds is 7. The Bertz CT molecular complexity index is 584. The van der Waals surface area contributed by atoms with Crippen molar-refractivity contribution in [1.29, 1.82) is 0 Å². The highest BCUT2D eigenvalue weighted by Crippen LogP contribution is 2.18. The fraction of sp³-hybridized carbons (Fsp3) is 0.667. The van der Waals surface area contributed by atoms with Crippen molar-refractivity contribution in [1.82, 2.24) is 15.1 Å². The van der Waals surface area contributed by atoms with Gasteiger partial charge in [-0.1, -0.05) is 12.1 Å². The molecule has 0 aliphatic carbocycles. The number of likely N-dealkylation sites (tertiary alicyclic amines) is 1. The minimum atomic E-state index is 0.326. The molecule has 6 nitrogen and oxygen atoms in total. The van der Waals surface area contributed by atoms with Gasteiger partial charge in [0.15, 0.2) is 5.96 Å². The van der Waals surface area contributed by atoms with Gasteiger partial charge in [0.2, 0.25) is 0 Å². The highest BCUT2D eigenvalue weighted by atomic mass is 16.5. The predicted octanol–water partition coefficient (Wildman–Crippen LogP) is 1.94. The van der Waals surface area contributed by atoms with Crippen LogP contribution in [0.2, 0.25) is 0 Å². The lowest BCUT2D eigenvalue weighted by Crippen LogP contribution is -2.42. The molecule has 0 aromatic heterocycles. The van der Waals surface area contributed by atoms with E-state index in [0.717, 1.165) is 77.2 Å². The van der Waals surface area contributed by atoms with Gasteiger partial charge in [0.05, 0.1) is 13.2 Å². The first-order valence-corrected chi connectivity index (χ1v) is 10.4. The lowest BCUT2D eigenvalue weighted by atomic mass is 10.1. The second-order valence-corrected chi connectivity index (χ2v) is 7.52.